The van der Waals surface area contributed by atoms with E-state index >= 15 is 0 Å². The first-order valence-electron chi connectivity index (χ1n) is 7.85. The molecule has 1 saturated heterocycles. The maximum Gasteiger partial charge on any atom is 0.119 e. The Labute approximate surface area is 123 Å². The quantitative estimate of drug-likeness (QED) is 0.891. The van der Waals surface area contributed by atoms with E-state index in [-0.39, 0.29) is 11.6 Å². The van der Waals surface area contributed by atoms with E-state index in [9.17, 15) is 0 Å². The largest absolute Gasteiger partial charge is 0.491 e. The first-order valence-corrected chi connectivity index (χ1v) is 7.85. The first-order chi connectivity index (χ1) is 9.58. The van der Waals surface area contributed by atoms with Crippen molar-refractivity contribution < 1.29 is 4.74 Å². The van der Waals surface area contributed by atoms with Gasteiger partial charge in [-0.1, -0.05) is 13.8 Å². The number of nitrogens with one attached hydrogen (secondary N) is 1. The zero-order valence-corrected chi connectivity index (χ0v) is 13.3. The summed E-state index contributed by atoms with van der Waals surface area (Å²) in [4.78, 5) is 2.49. The molecule has 20 heavy (non-hydrogen) atoms. The van der Waals surface area contributed by atoms with E-state index in [1.54, 1.807) is 0 Å². The van der Waals surface area contributed by atoms with Crippen LogP contribution in [0.5, 0.6) is 5.75 Å². The number of hydrogen-bond acceptors (Lipinski definition) is 3. The fourth-order valence-electron chi connectivity index (χ4n) is 2.91. The van der Waals surface area contributed by atoms with Gasteiger partial charge in [0, 0.05) is 30.9 Å². The number of nitrogens with zero attached hydrogens (tertiary/aromatic N) is 1. The molecule has 1 aliphatic rings. The lowest BCUT2D eigenvalue weighted by molar-refractivity contribution is 0.242. The minimum atomic E-state index is 0.230. The summed E-state index contributed by atoms with van der Waals surface area (Å²) in [6.07, 6.45) is 2.58. The lowest BCUT2D eigenvalue weighted by Crippen LogP contribution is -2.60. The molecular weight excluding hydrogens is 248 g/mol. The minimum absolute atomic E-state index is 0.230. The highest BCUT2D eigenvalue weighted by Gasteiger charge is 2.31. The summed E-state index contributed by atoms with van der Waals surface area (Å²) in [5.41, 5.74) is 1.57. The number of ether oxygens (including phenoxy) is 1. The highest BCUT2D eigenvalue weighted by molar-refractivity contribution is 5.50. The second-order valence-electron chi connectivity index (χ2n) is 6.00. The van der Waals surface area contributed by atoms with Crippen LogP contribution in [0.1, 0.15) is 40.5 Å². The molecule has 0 bridgehead atoms. The Kier molecular flexibility index (Phi) is 4.92. The van der Waals surface area contributed by atoms with Crippen LogP contribution in [0.4, 0.5) is 5.69 Å². The summed E-state index contributed by atoms with van der Waals surface area (Å²) >= 11 is 0. The number of hydrogen-bond donors (Lipinski definition) is 1. The average Bonchev–Trinajstić information content (AvgIpc) is 2.47. The number of rotatable bonds is 5. The van der Waals surface area contributed by atoms with Crippen molar-refractivity contribution in [3.05, 3.63) is 24.3 Å². The van der Waals surface area contributed by atoms with Gasteiger partial charge in [0.15, 0.2) is 0 Å². The zero-order chi connectivity index (χ0) is 14.6. The van der Waals surface area contributed by atoms with Crippen molar-refractivity contribution in [1.82, 2.24) is 5.32 Å². The molecule has 0 unspecified atom stereocenters. The summed E-state index contributed by atoms with van der Waals surface area (Å²) in [6.45, 7) is 11.9. The minimum Gasteiger partial charge on any atom is -0.491 e. The van der Waals surface area contributed by atoms with Crippen LogP contribution in [0.15, 0.2) is 24.3 Å². The first kappa shape index (κ1) is 15.2. The highest BCUT2D eigenvalue weighted by Crippen LogP contribution is 2.26. The molecule has 0 aromatic heterocycles. The predicted octanol–water partition coefficient (Wildman–Crippen LogP) is 3.44. The third-order valence-electron chi connectivity index (χ3n) is 4.30. The number of anilines is 1. The molecule has 1 N–H and O–H groups in total. The van der Waals surface area contributed by atoms with E-state index < -0.39 is 0 Å². The van der Waals surface area contributed by atoms with E-state index in [1.807, 2.05) is 0 Å². The van der Waals surface area contributed by atoms with E-state index in [0.717, 1.165) is 25.4 Å². The Morgan fingerprint density at radius 2 is 1.85 bits per heavy atom. The van der Waals surface area contributed by atoms with Gasteiger partial charge in [-0.2, -0.15) is 0 Å². The molecule has 3 nitrogen and oxygen atoms in total. The standard InChI is InChI=1S/C17H28N2O/c1-5-17(6-2)13-19(12-11-18-17)15-7-9-16(10-8-15)20-14(3)4/h7-10,14,18H,5-6,11-13H2,1-4H3. The molecular formula is C17H28N2O. The van der Waals surface area contributed by atoms with Crippen molar-refractivity contribution in [1.29, 1.82) is 0 Å². The summed E-state index contributed by atoms with van der Waals surface area (Å²) in [5.74, 6) is 0.955. The van der Waals surface area contributed by atoms with E-state index in [4.69, 9.17) is 4.74 Å². The average molecular weight is 276 g/mol. The number of piperazine rings is 1. The molecule has 0 saturated carbocycles. The summed E-state index contributed by atoms with van der Waals surface area (Å²) in [6, 6.07) is 8.52. The second kappa shape index (κ2) is 6.49. The van der Waals surface area contributed by atoms with Crippen molar-refractivity contribution in [2.24, 2.45) is 0 Å². The molecule has 0 radical (unpaired) electrons. The molecule has 1 aromatic carbocycles. The Morgan fingerprint density at radius 3 is 2.40 bits per heavy atom. The summed E-state index contributed by atoms with van der Waals surface area (Å²) in [5, 5.41) is 3.70. The fourth-order valence-corrected chi connectivity index (χ4v) is 2.91. The van der Waals surface area contributed by atoms with Gasteiger partial charge in [0.2, 0.25) is 0 Å². The molecule has 0 aliphatic carbocycles. The second-order valence-corrected chi connectivity index (χ2v) is 6.00. The van der Waals surface area contributed by atoms with Gasteiger partial charge in [0.05, 0.1) is 6.10 Å². The van der Waals surface area contributed by atoms with E-state index in [0.29, 0.717) is 0 Å². The van der Waals surface area contributed by atoms with Crippen LogP contribution in [0.2, 0.25) is 0 Å². The Hall–Kier alpha value is -1.22. The normalized spacial score (nSPS) is 18.4. The Bertz CT molecular complexity index is 410. The molecule has 3 heteroatoms. The molecule has 1 fully saturated rings. The van der Waals surface area contributed by atoms with Crippen LogP contribution < -0.4 is 15.0 Å². The molecule has 1 heterocycles. The van der Waals surface area contributed by atoms with Crippen molar-refractivity contribution >= 4 is 5.69 Å². The van der Waals surface area contributed by atoms with E-state index in [1.165, 1.54) is 18.5 Å². The zero-order valence-electron chi connectivity index (χ0n) is 13.3. The molecule has 0 amide bonds. The summed E-state index contributed by atoms with van der Waals surface area (Å²) in [7, 11) is 0. The maximum absolute atomic E-state index is 5.71. The van der Waals surface area contributed by atoms with Crippen LogP contribution in [-0.2, 0) is 0 Å². The highest BCUT2D eigenvalue weighted by atomic mass is 16.5. The molecule has 0 atom stereocenters. The third-order valence-corrected chi connectivity index (χ3v) is 4.30. The van der Waals surface area contributed by atoms with Crippen molar-refractivity contribution in [3.8, 4) is 5.75 Å². The SMILES string of the molecule is CCC1(CC)CN(c2ccc(OC(C)C)cc2)CCN1. The van der Waals surface area contributed by atoms with Crippen LogP contribution in [0.25, 0.3) is 0 Å². The van der Waals surface area contributed by atoms with Gasteiger partial charge in [0.1, 0.15) is 5.75 Å². The molecule has 112 valence electrons. The van der Waals surface area contributed by atoms with Crippen molar-refractivity contribution in [3.63, 3.8) is 0 Å². The Balaban J connectivity index is 2.07. The van der Waals surface area contributed by atoms with Gasteiger partial charge >= 0.3 is 0 Å². The van der Waals surface area contributed by atoms with Gasteiger partial charge in [-0.3, -0.25) is 0 Å². The van der Waals surface area contributed by atoms with Gasteiger partial charge < -0.3 is 15.0 Å². The molecule has 0 spiro atoms. The lowest BCUT2D eigenvalue weighted by Gasteiger charge is -2.44. The van der Waals surface area contributed by atoms with Gasteiger partial charge in [-0.25, -0.2) is 0 Å². The molecule has 1 aliphatic heterocycles. The van der Waals surface area contributed by atoms with Crippen molar-refractivity contribution in [2.45, 2.75) is 52.2 Å². The summed E-state index contributed by atoms with van der Waals surface area (Å²) < 4.78 is 5.71. The topological polar surface area (TPSA) is 24.5 Å². The maximum atomic E-state index is 5.71. The number of benzene rings is 1. The third kappa shape index (κ3) is 3.45. The van der Waals surface area contributed by atoms with Gasteiger partial charge in [-0.15, -0.1) is 0 Å². The predicted molar refractivity (Wildman–Crippen MR) is 85.7 cm³/mol. The fraction of sp³-hybridized carbons (Fsp3) is 0.647. The van der Waals surface area contributed by atoms with E-state index in [2.05, 4.69) is 62.2 Å². The lowest BCUT2D eigenvalue weighted by atomic mass is 9.90. The molecule has 1 aromatic rings. The van der Waals surface area contributed by atoms with Crippen LogP contribution in [-0.4, -0.2) is 31.3 Å². The van der Waals surface area contributed by atoms with Crippen LogP contribution in [0.3, 0.4) is 0 Å². The van der Waals surface area contributed by atoms with Gasteiger partial charge in [-0.05, 0) is 51.0 Å². The van der Waals surface area contributed by atoms with Gasteiger partial charge in [0.25, 0.3) is 0 Å². The Morgan fingerprint density at radius 1 is 1.20 bits per heavy atom. The van der Waals surface area contributed by atoms with Crippen LogP contribution >= 0.6 is 0 Å². The molecule has 2 rings (SSSR count). The monoisotopic (exact) mass is 276 g/mol. The smallest absolute Gasteiger partial charge is 0.119 e. The van der Waals surface area contributed by atoms with Crippen LogP contribution in [0, 0.1) is 0 Å². The van der Waals surface area contributed by atoms with Crippen molar-refractivity contribution in [2.75, 3.05) is 24.5 Å².